The van der Waals surface area contributed by atoms with E-state index < -0.39 is 22.8 Å². The molecule has 22 heavy (non-hydrogen) atoms. The molecule has 1 aromatic rings. The Morgan fingerprint density at radius 2 is 2.05 bits per heavy atom. The van der Waals surface area contributed by atoms with Gasteiger partial charge in [-0.2, -0.15) is 0 Å². The molecule has 7 nitrogen and oxygen atoms in total. The zero-order valence-corrected chi connectivity index (χ0v) is 12.6. The Morgan fingerprint density at radius 3 is 2.59 bits per heavy atom. The number of carbonyl (C=O) groups excluding carboxylic acids is 2. The number of non-ortho nitro benzene ring substituents is 1. The Kier molecular flexibility index (Phi) is 6.25. The molecule has 7 heteroatoms. The Hall–Kier alpha value is -2.70. The molecule has 0 aliphatic carbocycles. The molecule has 0 saturated carbocycles. The highest BCUT2D eigenvalue weighted by molar-refractivity contribution is 5.94. The molecule has 0 aliphatic rings. The van der Waals surface area contributed by atoms with Crippen molar-refractivity contribution in [3.63, 3.8) is 0 Å². The molecule has 0 aliphatic heterocycles. The Labute approximate surface area is 128 Å². The summed E-state index contributed by atoms with van der Waals surface area (Å²) in [5.74, 6) is -1.12. The van der Waals surface area contributed by atoms with Crippen LogP contribution in [0.2, 0.25) is 0 Å². The Bertz CT molecular complexity index is 595. The predicted molar refractivity (Wildman–Crippen MR) is 80.9 cm³/mol. The highest BCUT2D eigenvalue weighted by atomic mass is 16.6. The minimum atomic E-state index is -0.743. The van der Waals surface area contributed by atoms with E-state index in [0.29, 0.717) is 5.56 Å². The van der Waals surface area contributed by atoms with E-state index in [0.717, 1.165) is 0 Å². The fraction of sp³-hybridized carbons (Fsp3) is 0.333. The summed E-state index contributed by atoms with van der Waals surface area (Å²) in [4.78, 5) is 33.5. The summed E-state index contributed by atoms with van der Waals surface area (Å²) in [6.45, 7) is 3.57. The molecule has 1 rings (SSSR count). The second-order valence-electron chi connectivity index (χ2n) is 4.94. The van der Waals surface area contributed by atoms with Crippen molar-refractivity contribution < 1.29 is 19.2 Å². The highest BCUT2D eigenvalue weighted by Gasteiger charge is 2.23. The number of benzene rings is 1. The normalized spacial score (nSPS) is 12.2. The van der Waals surface area contributed by atoms with Crippen LogP contribution in [0.5, 0.6) is 0 Å². The van der Waals surface area contributed by atoms with Crippen LogP contribution in [0.25, 0.3) is 6.08 Å². The topological polar surface area (TPSA) is 98.5 Å². The van der Waals surface area contributed by atoms with Crippen LogP contribution < -0.4 is 5.32 Å². The zero-order chi connectivity index (χ0) is 16.7. The lowest BCUT2D eigenvalue weighted by molar-refractivity contribution is -0.384. The Morgan fingerprint density at radius 1 is 1.36 bits per heavy atom. The van der Waals surface area contributed by atoms with Crippen LogP contribution in [0.3, 0.4) is 0 Å². The number of nitrogens with one attached hydrogen (secondary N) is 1. The zero-order valence-electron chi connectivity index (χ0n) is 12.6. The predicted octanol–water partition coefficient (Wildman–Crippen LogP) is 1.92. The third-order valence-corrected chi connectivity index (χ3v) is 2.93. The van der Waals surface area contributed by atoms with E-state index in [-0.39, 0.29) is 11.6 Å². The van der Waals surface area contributed by atoms with Crippen molar-refractivity contribution in [3.8, 4) is 0 Å². The van der Waals surface area contributed by atoms with Crippen LogP contribution in [-0.4, -0.2) is 30.0 Å². The molecule has 0 unspecified atom stereocenters. The van der Waals surface area contributed by atoms with E-state index in [1.165, 1.54) is 37.5 Å². The summed E-state index contributed by atoms with van der Waals surface area (Å²) in [5, 5.41) is 13.2. The van der Waals surface area contributed by atoms with Gasteiger partial charge in [-0.3, -0.25) is 14.9 Å². The molecule has 118 valence electrons. The molecule has 1 amide bonds. The lowest BCUT2D eigenvalue weighted by atomic mass is 10.0. The minimum absolute atomic E-state index is 0.0582. The summed E-state index contributed by atoms with van der Waals surface area (Å²) in [5.41, 5.74) is 0.459. The summed E-state index contributed by atoms with van der Waals surface area (Å²) >= 11 is 0. The van der Waals surface area contributed by atoms with Gasteiger partial charge in [0.25, 0.3) is 5.69 Å². The lowest BCUT2D eigenvalue weighted by Gasteiger charge is -2.18. The largest absolute Gasteiger partial charge is 0.467 e. The first-order valence-electron chi connectivity index (χ1n) is 6.66. The second kappa shape index (κ2) is 7.92. The van der Waals surface area contributed by atoms with Crippen LogP contribution in [-0.2, 0) is 14.3 Å². The van der Waals surface area contributed by atoms with Gasteiger partial charge in [0.15, 0.2) is 0 Å². The summed E-state index contributed by atoms with van der Waals surface area (Å²) < 4.78 is 4.63. The van der Waals surface area contributed by atoms with Crippen molar-refractivity contribution in [2.24, 2.45) is 5.92 Å². The summed E-state index contributed by atoms with van der Waals surface area (Å²) in [7, 11) is 1.25. The van der Waals surface area contributed by atoms with Gasteiger partial charge in [-0.1, -0.05) is 26.0 Å². The molecule has 0 heterocycles. The van der Waals surface area contributed by atoms with Gasteiger partial charge in [-0.15, -0.1) is 0 Å². The number of esters is 1. The van der Waals surface area contributed by atoms with E-state index in [4.69, 9.17) is 0 Å². The van der Waals surface area contributed by atoms with Crippen LogP contribution in [0.4, 0.5) is 5.69 Å². The van der Waals surface area contributed by atoms with E-state index >= 15 is 0 Å². The maximum absolute atomic E-state index is 11.8. The molecule has 1 aromatic carbocycles. The third kappa shape index (κ3) is 5.01. The van der Waals surface area contributed by atoms with E-state index in [9.17, 15) is 19.7 Å². The maximum atomic E-state index is 11.8. The number of nitro benzene ring substituents is 1. The average Bonchev–Trinajstić information content (AvgIpc) is 2.49. The van der Waals surface area contributed by atoms with Crippen LogP contribution in [0, 0.1) is 16.0 Å². The van der Waals surface area contributed by atoms with E-state index in [1.54, 1.807) is 19.9 Å². The number of hydrogen-bond acceptors (Lipinski definition) is 5. The smallest absolute Gasteiger partial charge is 0.328 e. The van der Waals surface area contributed by atoms with Crippen LogP contribution in [0.1, 0.15) is 19.4 Å². The van der Waals surface area contributed by atoms with Crippen molar-refractivity contribution in [2.45, 2.75) is 19.9 Å². The number of methoxy groups -OCH3 is 1. The molecule has 0 fully saturated rings. The average molecular weight is 306 g/mol. The molecular weight excluding hydrogens is 288 g/mol. The number of nitrogens with zero attached hydrogens (tertiary/aromatic N) is 1. The molecule has 0 spiro atoms. The van der Waals surface area contributed by atoms with Crippen molar-refractivity contribution in [2.75, 3.05) is 7.11 Å². The van der Waals surface area contributed by atoms with Gasteiger partial charge in [0.1, 0.15) is 6.04 Å². The fourth-order valence-electron chi connectivity index (χ4n) is 1.74. The third-order valence-electron chi connectivity index (χ3n) is 2.93. The van der Waals surface area contributed by atoms with Crippen molar-refractivity contribution in [1.29, 1.82) is 0 Å². The monoisotopic (exact) mass is 306 g/mol. The molecule has 1 atom stereocenters. The Balaban J connectivity index is 2.77. The maximum Gasteiger partial charge on any atom is 0.328 e. The minimum Gasteiger partial charge on any atom is -0.467 e. The first kappa shape index (κ1) is 17.4. The van der Waals surface area contributed by atoms with Gasteiger partial charge in [0.05, 0.1) is 12.0 Å². The SMILES string of the molecule is COC(=O)[C@@H](NC(=O)C=Cc1cccc([N+](=O)[O-])c1)C(C)C. The van der Waals surface area contributed by atoms with Gasteiger partial charge in [-0.05, 0) is 17.6 Å². The number of hydrogen-bond donors (Lipinski definition) is 1. The first-order chi connectivity index (χ1) is 10.3. The molecule has 0 radical (unpaired) electrons. The van der Waals surface area contributed by atoms with Crippen molar-refractivity contribution >= 4 is 23.6 Å². The number of nitro groups is 1. The molecule has 0 aromatic heterocycles. The highest BCUT2D eigenvalue weighted by Crippen LogP contribution is 2.14. The molecule has 0 saturated heterocycles. The summed E-state index contributed by atoms with van der Waals surface area (Å²) in [6.07, 6.45) is 2.66. The molecule has 0 bridgehead atoms. The van der Waals surface area contributed by atoms with Gasteiger partial charge in [0.2, 0.25) is 5.91 Å². The number of amides is 1. The van der Waals surface area contributed by atoms with Crippen LogP contribution >= 0.6 is 0 Å². The molecular formula is C15H18N2O5. The first-order valence-corrected chi connectivity index (χ1v) is 6.66. The standard InChI is InChI=1S/C15H18N2O5/c1-10(2)14(15(19)22-3)16-13(18)8-7-11-5-4-6-12(9-11)17(20)21/h4-10,14H,1-3H3,(H,16,18)/t14-/m0/s1. The lowest BCUT2D eigenvalue weighted by Crippen LogP contribution is -2.44. The van der Waals surface area contributed by atoms with Gasteiger partial charge >= 0.3 is 5.97 Å². The van der Waals surface area contributed by atoms with Gasteiger partial charge < -0.3 is 10.1 Å². The second-order valence-corrected chi connectivity index (χ2v) is 4.94. The van der Waals surface area contributed by atoms with Crippen molar-refractivity contribution in [3.05, 3.63) is 46.0 Å². The molecule has 1 N–H and O–H groups in total. The number of ether oxygens (including phenoxy) is 1. The quantitative estimate of drug-likeness (QED) is 0.375. The van der Waals surface area contributed by atoms with Crippen molar-refractivity contribution in [1.82, 2.24) is 5.32 Å². The van der Waals surface area contributed by atoms with Gasteiger partial charge in [-0.25, -0.2) is 4.79 Å². The van der Waals surface area contributed by atoms with E-state index in [1.807, 2.05) is 0 Å². The van der Waals surface area contributed by atoms with E-state index in [2.05, 4.69) is 10.1 Å². The number of carbonyl (C=O) groups is 2. The number of rotatable bonds is 6. The fourth-order valence-corrected chi connectivity index (χ4v) is 1.74. The summed E-state index contributed by atoms with van der Waals surface area (Å²) in [6, 6.07) is 5.14. The van der Waals surface area contributed by atoms with Crippen LogP contribution in [0.15, 0.2) is 30.3 Å². The van der Waals surface area contributed by atoms with Gasteiger partial charge in [0, 0.05) is 18.2 Å².